The second-order valence-electron chi connectivity index (χ2n) is 1.97. The van der Waals surface area contributed by atoms with Gasteiger partial charge in [-0.1, -0.05) is 6.08 Å². The standard InChI is InChI=1S/C6H10Cl2/c1-4-6(3,8)5(2)7/h4-5H,1H2,2-3H3/t5-,6-/m1/s1. The normalized spacial score (nSPS) is 21.5. The number of halogens is 2. The SMILES string of the molecule is C=C[C@@](C)(Cl)[C@@H](C)Cl. The van der Waals surface area contributed by atoms with E-state index in [9.17, 15) is 0 Å². The first-order valence-electron chi connectivity index (χ1n) is 2.47. The van der Waals surface area contributed by atoms with E-state index in [2.05, 4.69) is 6.58 Å². The van der Waals surface area contributed by atoms with Gasteiger partial charge in [0.15, 0.2) is 0 Å². The van der Waals surface area contributed by atoms with Crippen LogP contribution in [0, 0.1) is 0 Å². The van der Waals surface area contributed by atoms with Crippen LogP contribution >= 0.6 is 23.2 Å². The van der Waals surface area contributed by atoms with E-state index in [4.69, 9.17) is 23.2 Å². The van der Waals surface area contributed by atoms with Gasteiger partial charge in [-0.3, -0.25) is 0 Å². The smallest absolute Gasteiger partial charge is 0.0755 e. The first kappa shape index (κ1) is 8.32. The summed E-state index contributed by atoms with van der Waals surface area (Å²) in [4.78, 5) is -0.457. The van der Waals surface area contributed by atoms with Gasteiger partial charge in [0.05, 0.1) is 10.3 Å². The molecule has 0 rings (SSSR count). The molecule has 0 radical (unpaired) electrons. The average Bonchev–Trinajstić information content (AvgIpc) is 1.67. The monoisotopic (exact) mass is 152 g/mol. The number of hydrogen-bond donors (Lipinski definition) is 0. The number of alkyl halides is 2. The van der Waals surface area contributed by atoms with Crippen LogP contribution in [0.4, 0.5) is 0 Å². The molecule has 0 heterocycles. The van der Waals surface area contributed by atoms with Crippen LogP contribution in [-0.4, -0.2) is 10.3 Å². The van der Waals surface area contributed by atoms with Crippen LogP contribution < -0.4 is 0 Å². The van der Waals surface area contributed by atoms with Crippen LogP contribution in [0.2, 0.25) is 0 Å². The molecule has 0 aromatic heterocycles. The number of rotatable bonds is 2. The van der Waals surface area contributed by atoms with Gasteiger partial charge in [-0.25, -0.2) is 0 Å². The van der Waals surface area contributed by atoms with Crippen LogP contribution in [0.1, 0.15) is 13.8 Å². The number of allylic oxidation sites excluding steroid dienone is 1. The third kappa shape index (κ3) is 2.06. The van der Waals surface area contributed by atoms with E-state index in [0.29, 0.717) is 0 Å². The minimum absolute atomic E-state index is 0.0679. The first-order valence-corrected chi connectivity index (χ1v) is 3.28. The van der Waals surface area contributed by atoms with E-state index in [1.807, 2.05) is 13.8 Å². The molecule has 0 amide bonds. The molecule has 2 heteroatoms. The molecule has 0 aromatic rings. The molecule has 2 atom stereocenters. The van der Waals surface area contributed by atoms with Gasteiger partial charge in [-0.15, -0.1) is 29.8 Å². The summed E-state index contributed by atoms with van der Waals surface area (Å²) in [6, 6.07) is 0. The zero-order valence-electron chi connectivity index (χ0n) is 5.12. The fourth-order valence-electron chi connectivity index (χ4n) is 0.162. The summed E-state index contributed by atoms with van der Waals surface area (Å²) in [6.45, 7) is 7.21. The molecular formula is C6H10Cl2. The van der Waals surface area contributed by atoms with Crippen molar-refractivity contribution in [1.82, 2.24) is 0 Å². The topological polar surface area (TPSA) is 0 Å². The molecule has 0 nitrogen and oxygen atoms in total. The zero-order valence-corrected chi connectivity index (χ0v) is 6.63. The highest BCUT2D eigenvalue weighted by atomic mass is 35.5. The first-order chi connectivity index (χ1) is 3.50. The lowest BCUT2D eigenvalue weighted by Crippen LogP contribution is -2.23. The van der Waals surface area contributed by atoms with Crippen LogP contribution in [0.15, 0.2) is 12.7 Å². The van der Waals surface area contributed by atoms with Crippen molar-refractivity contribution >= 4 is 23.2 Å². The lowest BCUT2D eigenvalue weighted by atomic mass is 10.1. The molecule has 0 saturated carbocycles. The van der Waals surface area contributed by atoms with Crippen LogP contribution in [0.25, 0.3) is 0 Å². The summed E-state index contributed by atoms with van der Waals surface area (Å²) >= 11 is 11.5. The molecule has 0 saturated heterocycles. The van der Waals surface area contributed by atoms with E-state index < -0.39 is 4.87 Å². The highest BCUT2D eigenvalue weighted by molar-refractivity contribution is 6.33. The minimum Gasteiger partial charge on any atom is -0.121 e. The highest BCUT2D eigenvalue weighted by Crippen LogP contribution is 2.24. The zero-order chi connectivity index (χ0) is 6.78. The summed E-state index contributed by atoms with van der Waals surface area (Å²) in [6.07, 6.45) is 1.65. The Kier molecular flexibility index (Phi) is 2.86. The molecule has 0 aliphatic rings. The second kappa shape index (κ2) is 2.75. The molecule has 0 aliphatic carbocycles. The molecule has 0 unspecified atom stereocenters. The molecule has 0 aromatic carbocycles. The Morgan fingerprint density at radius 3 is 2.12 bits per heavy atom. The van der Waals surface area contributed by atoms with Crippen LogP contribution in [0.5, 0.6) is 0 Å². The van der Waals surface area contributed by atoms with E-state index in [1.54, 1.807) is 6.08 Å². The van der Waals surface area contributed by atoms with Gasteiger partial charge in [0.1, 0.15) is 0 Å². The van der Waals surface area contributed by atoms with E-state index in [1.165, 1.54) is 0 Å². The van der Waals surface area contributed by atoms with Crippen molar-refractivity contribution in [2.75, 3.05) is 0 Å². The summed E-state index contributed by atoms with van der Waals surface area (Å²) in [5.41, 5.74) is 0. The minimum atomic E-state index is -0.457. The Morgan fingerprint density at radius 1 is 1.75 bits per heavy atom. The van der Waals surface area contributed by atoms with Crippen molar-refractivity contribution < 1.29 is 0 Å². The predicted molar refractivity (Wildman–Crippen MR) is 39.8 cm³/mol. The fourth-order valence-corrected chi connectivity index (χ4v) is 0.251. The molecular weight excluding hydrogens is 143 g/mol. The third-order valence-electron chi connectivity index (χ3n) is 1.18. The highest BCUT2D eigenvalue weighted by Gasteiger charge is 2.21. The molecule has 48 valence electrons. The third-order valence-corrected chi connectivity index (χ3v) is 2.22. The van der Waals surface area contributed by atoms with E-state index >= 15 is 0 Å². The summed E-state index contributed by atoms with van der Waals surface area (Å²) in [5, 5.41) is -0.0679. The van der Waals surface area contributed by atoms with E-state index in [0.717, 1.165) is 0 Å². The van der Waals surface area contributed by atoms with Crippen molar-refractivity contribution in [2.45, 2.75) is 24.1 Å². The maximum atomic E-state index is 5.81. The largest absolute Gasteiger partial charge is 0.121 e. The Bertz CT molecular complexity index is 84.5. The molecule has 0 fully saturated rings. The molecule has 0 bridgehead atoms. The van der Waals surface area contributed by atoms with Crippen molar-refractivity contribution in [2.24, 2.45) is 0 Å². The maximum Gasteiger partial charge on any atom is 0.0755 e. The average molecular weight is 153 g/mol. The molecule has 8 heavy (non-hydrogen) atoms. The molecule has 0 N–H and O–H groups in total. The van der Waals surface area contributed by atoms with E-state index in [-0.39, 0.29) is 5.38 Å². The lowest BCUT2D eigenvalue weighted by Gasteiger charge is -2.18. The Balaban J connectivity index is 3.90. The van der Waals surface area contributed by atoms with Gasteiger partial charge < -0.3 is 0 Å². The summed E-state index contributed by atoms with van der Waals surface area (Å²) in [5.74, 6) is 0. The van der Waals surface area contributed by atoms with Crippen LogP contribution in [-0.2, 0) is 0 Å². The van der Waals surface area contributed by atoms with Gasteiger partial charge in [0, 0.05) is 0 Å². The number of hydrogen-bond acceptors (Lipinski definition) is 0. The van der Waals surface area contributed by atoms with Gasteiger partial charge >= 0.3 is 0 Å². The van der Waals surface area contributed by atoms with Gasteiger partial charge in [0.2, 0.25) is 0 Å². The van der Waals surface area contributed by atoms with Gasteiger partial charge in [0.25, 0.3) is 0 Å². The maximum absolute atomic E-state index is 5.81. The Labute approximate surface area is 60.5 Å². The van der Waals surface area contributed by atoms with Crippen molar-refractivity contribution in [3.05, 3.63) is 12.7 Å². The summed E-state index contributed by atoms with van der Waals surface area (Å²) in [7, 11) is 0. The van der Waals surface area contributed by atoms with Crippen molar-refractivity contribution in [3.8, 4) is 0 Å². The molecule has 0 aliphatic heterocycles. The Hall–Kier alpha value is 0.320. The predicted octanol–water partition coefficient (Wildman–Crippen LogP) is 2.80. The van der Waals surface area contributed by atoms with Gasteiger partial charge in [-0.05, 0) is 13.8 Å². The quantitative estimate of drug-likeness (QED) is 0.422. The summed E-state index contributed by atoms with van der Waals surface area (Å²) < 4.78 is 0. The Morgan fingerprint density at radius 2 is 2.12 bits per heavy atom. The van der Waals surface area contributed by atoms with Crippen LogP contribution in [0.3, 0.4) is 0 Å². The lowest BCUT2D eigenvalue weighted by molar-refractivity contribution is 0.753. The molecule has 0 spiro atoms. The van der Waals surface area contributed by atoms with Crippen molar-refractivity contribution in [3.63, 3.8) is 0 Å². The fraction of sp³-hybridized carbons (Fsp3) is 0.667. The van der Waals surface area contributed by atoms with Gasteiger partial charge in [-0.2, -0.15) is 0 Å². The van der Waals surface area contributed by atoms with Crippen molar-refractivity contribution in [1.29, 1.82) is 0 Å². The second-order valence-corrected chi connectivity index (χ2v) is 3.44.